The second kappa shape index (κ2) is 5.22. The van der Waals surface area contributed by atoms with Crippen LogP contribution in [0.25, 0.3) is 17.2 Å². The van der Waals surface area contributed by atoms with Gasteiger partial charge in [0.05, 0.1) is 0 Å². The van der Waals surface area contributed by atoms with E-state index in [-0.39, 0.29) is 0 Å². The smallest absolute Gasteiger partial charge is 0.0447 e. The standard InChI is InChI=1S/C18H19Cl/c1-6-15-9-17(10-18(19)14(15)5)16-7-11(2)13(4)12(3)8-16/h6-10H,1H2,2-5H3. The highest BCUT2D eigenvalue weighted by Gasteiger charge is 2.07. The van der Waals surface area contributed by atoms with Crippen molar-refractivity contribution in [2.45, 2.75) is 27.7 Å². The fourth-order valence-electron chi connectivity index (χ4n) is 2.28. The summed E-state index contributed by atoms with van der Waals surface area (Å²) in [4.78, 5) is 0. The van der Waals surface area contributed by atoms with Gasteiger partial charge in [0.2, 0.25) is 0 Å². The summed E-state index contributed by atoms with van der Waals surface area (Å²) >= 11 is 6.31. The second-order valence-corrected chi connectivity index (χ2v) is 5.52. The molecule has 0 aromatic heterocycles. The van der Waals surface area contributed by atoms with Crippen molar-refractivity contribution in [2.24, 2.45) is 0 Å². The quantitative estimate of drug-likeness (QED) is 0.639. The number of halogens is 1. The SMILES string of the molecule is C=Cc1cc(-c2cc(C)c(C)c(C)c2)cc(Cl)c1C. The number of hydrogen-bond acceptors (Lipinski definition) is 0. The predicted molar refractivity (Wildman–Crippen MR) is 85.9 cm³/mol. The molecule has 0 nitrogen and oxygen atoms in total. The van der Waals surface area contributed by atoms with Gasteiger partial charge >= 0.3 is 0 Å². The monoisotopic (exact) mass is 270 g/mol. The molecule has 0 amide bonds. The molecule has 0 heterocycles. The van der Waals surface area contributed by atoms with Gasteiger partial charge in [0.25, 0.3) is 0 Å². The van der Waals surface area contributed by atoms with Crippen LogP contribution >= 0.6 is 11.6 Å². The van der Waals surface area contributed by atoms with Gasteiger partial charge in [-0.05, 0) is 78.8 Å². The molecule has 0 saturated carbocycles. The molecule has 2 aromatic rings. The molecule has 0 fully saturated rings. The van der Waals surface area contributed by atoms with E-state index in [2.05, 4.69) is 45.5 Å². The Balaban J connectivity index is 2.65. The average Bonchev–Trinajstić information content (AvgIpc) is 2.38. The third-order valence-corrected chi connectivity index (χ3v) is 4.26. The molecule has 0 radical (unpaired) electrons. The normalized spacial score (nSPS) is 10.6. The summed E-state index contributed by atoms with van der Waals surface area (Å²) in [6.07, 6.45) is 1.86. The molecule has 0 N–H and O–H groups in total. The molecule has 0 aliphatic heterocycles. The first-order chi connectivity index (χ1) is 8.93. The molecule has 1 heteroatoms. The van der Waals surface area contributed by atoms with Gasteiger partial charge in [-0.3, -0.25) is 0 Å². The Morgan fingerprint density at radius 2 is 1.37 bits per heavy atom. The van der Waals surface area contributed by atoms with Crippen LogP contribution < -0.4 is 0 Å². The van der Waals surface area contributed by atoms with Crippen LogP contribution in [0, 0.1) is 27.7 Å². The third-order valence-electron chi connectivity index (χ3n) is 3.86. The lowest BCUT2D eigenvalue weighted by atomic mass is 9.94. The van der Waals surface area contributed by atoms with E-state index >= 15 is 0 Å². The van der Waals surface area contributed by atoms with E-state index < -0.39 is 0 Å². The third kappa shape index (κ3) is 2.59. The molecule has 0 aliphatic carbocycles. The summed E-state index contributed by atoms with van der Waals surface area (Å²) in [6, 6.07) is 8.62. The summed E-state index contributed by atoms with van der Waals surface area (Å²) in [5, 5.41) is 0.795. The molecule has 2 rings (SSSR count). The largest absolute Gasteiger partial charge is 0.0985 e. The zero-order chi connectivity index (χ0) is 14.2. The van der Waals surface area contributed by atoms with Crippen molar-refractivity contribution >= 4 is 17.7 Å². The molecular formula is C18H19Cl. The van der Waals surface area contributed by atoms with Crippen LogP contribution in [0.2, 0.25) is 5.02 Å². The van der Waals surface area contributed by atoms with Crippen molar-refractivity contribution in [3.8, 4) is 11.1 Å². The summed E-state index contributed by atoms with van der Waals surface area (Å²) in [5.41, 5.74) is 8.52. The molecule has 0 saturated heterocycles. The Hall–Kier alpha value is -1.53. The van der Waals surface area contributed by atoms with E-state index in [0.29, 0.717) is 0 Å². The Kier molecular flexibility index (Phi) is 3.82. The number of aryl methyl sites for hydroxylation is 2. The molecule has 0 bridgehead atoms. The zero-order valence-electron chi connectivity index (χ0n) is 12.0. The predicted octanol–water partition coefficient (Wildman–Crippen LogP) is 5.88. The first-order valence-electron chi connectivity index (χ1n) is 6.45. The van der Waals surface area contributed by atoms with Gasteiger partial charge in [0.1, 0.15) is 0 Å². The van der Waals surface area contributed by atoms with Crippen molar-refractivity contribution in [3.05, 3.63) is 63.7 Å². The molecule has 19 heavy (non-hydrogen) atoms. The summed E-state index contributed by atoms with van der Waals surface area (Å²) < 4.78 is 0. The molecular weight excluding hydrogens is 252 g/mol. The van der Waals surface area contributed by atoms with Crippen LogP contribution in [0.15, 0.2) is 30.8 Å². The molecule has 0 atom stereocenters. The minimum Gasteiger partial charge on any atom is -0.0985 e. The van der Waals surface area contributed by atoms with Crippen molar-refractivity contribution in [1.29, 1.82) is 0 Å². The zero-order valence-corrected chi connectivity index (χ0v) is 12.7. The van der Waals surface area contributed by atoms with E-state index in [1.165, 1.54) is 22.3 Å². The molecule has 98 valence electrons. The van der Waals surface area contributed by atoms with E-state index in [1.807, 2.05) is 19.1 Å². The first-order valence-corrected chi connectivity index (χ1v) is 6.82. The topological polar surface area (TPSA) is 0 Å². The van der Waals surface area contributed by atoms with E-state index in [0.717, 1.165) is 21.7 Å². The van der Waals surface area contributed by atoms with Crippen LogP contribution in [0.4, 0.5) is 0 Å². The Morgan fingerprint density at radius 3 is 1.89 bits per heavy atom. The summed E-state index contributed by atoms with van der Waals surface area (Å²) in [6.45, 7) is 12.3. The molecule has 0 spiro atoms. The van der Waals surface area contributed by atoms with E-state index in [9.17, 15) is 0 Å². The highest BCUT2D eigenvalue weighted by Crippen LogP contribution is 2.31. The fourth-order valence-corrected chi connectivity index (χ4v) is 2.51. The van der Waals surface area contributed by atoms with Gasteiger partial charge in [-0.2, -0.15) is 0 Å². The van der Waals surface area contributed by atoms with Crippen molar-refractivity contribution < 1.29 is 0 Å². The van der Waals surface area contributed by atoms with Crippen LogP contribution in [-0.4, -0.2) is 0 Å². The number of benzene rings is 2. The van der Waals surface area contributed by atoms with E-state index in [4.69, 9.17) is 11.6 Å². The highest BCUT2D eigenvalue weighted by atomic mass is 35.5. The van der Waals surface area contributed by atoms with Crippen LogP contribution in [0.3, 0.4) is 0 Å². The molecule has 2 aromatic carbocycles. The maximum absolute atomic E-state index is 6.31. The lowest BCUT2D eigenvalue weighted by Crippen LogP contribution is -1.91. The van der Waals surface area contributed by atoms with Gasteiger partial charge < -0.3 is 0 Å². The molecule has 0 aliphatic rings. The lowest BCUT2D eigenvalue weighted by molar-refractivity contribution is 1.27. The Labute approximate surface area is 120 Å². The maximum atomic E-state index is 6.31. The van der Waals surface area contributed by atoms with Crippen LogP contribution in [0.5, 0.6) is 0 Å². The second-order valence-electron chi connectivity index (χ2n) is 5.11. The van der Waals surface area contributed by atoms with Gasteiger partial charge in [-0.1, -0.05) is 36.4 Å². The highest BCUT2D eigenvalue weighted by molar-refractivity contribution is 6.31. The van der Waals surface area contributed by atoms with Gasteiger partial charge in [0.15, 0.2) is 0 Å². The van der Waals surface area contributed by atoms with Crippen LogP contribution in [0.1, 0.15) is 27.8 Å². The van der Waals surface area contributed by atoms with Gasteiger partial charge in [-0.25, -0.2) is 0 Å². The van der Waals surface area contributed by atoms with Crippen molar-refractivity contribution in [1.82, 2.24) is 0 Å². The van der Waals surface area contributed by atoms with Crippen molar-refractivity contribution in [2.75, 3.05) is 0 Å². The summed E-state index contributed by atoms with van der Waals surface area (Å²) in [7, 11) is 0. The minimum absolute atomic E-state index is 0.795. The molecule has 0 unspecified atom stereocenters. The van der Waals surface area contributed by atoms with Gasteiger partial charge in [0, 0.05) is 5.02 Å². The van der Waals surface area contributed by atoms with Crippen LogP contribution in [-0.2, 0) is 0 Å². The maximum Gasteiger partial charge on any atom is 0.0447 e. The Morgan fingerprint density at radius 1 is 0.842 bits per heavy atom. The lowest BCUT2D eigenvalue weighted by Gasteiger charge is -2.12. The fraction of sp³-hybridized carbons (Fsp3) is 0.222. The average molecular weight is 271 g/mol. The van der Waals surface area contributed by atoms with Crippen molar-refractivity contribution in [3.63, 3.8) is 0 Å². The van der Waals surface area contributed by atoms with Gasteiger partial charge in [-0.15, -0.1) is 0 Å². The van der Waals surface area contributed by atoms with E-state index in [1.54, 1.807) is 0 Å². The minimum atomic E-state index is 0.795. The summed E-state index contributed by atoms with van der Waals surface area (Å²) in [5.74, 6) is 0. The first kappa shape index (κ1) is 13.9. The Bertz CT molecular complexity index is 628. The number of rotatable bonds is 2. The number of hydrogen-bond donors (Lipinski definition) is 0.